The van der Waals surface area contributed by atoms with E-state index >= 15 is 0 Å². The van der Waals surface area contributed by atoms with Gasteiger partial charge in [0.05, 0.1) is 12.0 Å². The van der Waals surface area contributed by atoms with E-state index in [9.17, 15) is 10.1 Å². The highest BCUT2D eigenvalue weighted by Gasteiger charge is 2.16. The van der Waals surface area contributed by atoms with E-state index in [1.54, 1.807) is 19.2 Å². The minimum Gasteiger partial charge on any atom is -0.497 e. The quantitative estimate of drug-likeness (QED) is 0.611. The summed E-state index contributed by atoms with van der Waals surface area (Å²) in [6.45, 7) is 1.98. The smallest absolute Gasteiger partial charge is 0.272 e. The molecule has 0 aliphatic rings. The summed E-state index contributed by atoms with van der Waals surface area (Å²) < 4.78 is 5.06. The molecule has 0 aliphatic carbocycles. The van der Waals surface area contributed by atoms with Crippen molar-refractivity contribution in [1.29, 1.82) is 0 Å². The third-order valence-electron chi connectivity index (χ3n) is 2.50. The van der Waals surface area contributed by atoms with Crippen LogP contribution in [0.1, 0.15) is 12.5 Å². The maximum atomic E-state index is 10.8. The Morgan fingerprint density at radius 2 is 2.25 bits per heavy atom. The minimum absolute atomic E-state index is 0.142. The number of nitrogens with zero attached hydrogens (tertiary/aromatic N) is 1. The summed E-state index contributed by atoms with van der Waals surface area (Å²) in [6, 6.07) is 4.99. The van der Waals surface area contributed by atoms with Crippen molar-refractivity contribution in [2.24, 2.45) is 0 Å². The zero-order valence-electron chi connectivity index (χ0n) is 9.69. The van der Waals surface area contributed by atoms with Gasteiger partial charge in [-0.2, -0.15) is 0 Å². The Morgan fingerprint density at radius 3 is 2.75 bits per heavy atom. The predicted molar refractivity (Wildman–Crippen MR) is 61.9 cm³/mol. The van der Waals surface area contributed by atoms with Gasteiger partial charge in [-0.3, -0.25) is 10.1 Å². The Balaban J connectivity index is 3.05. The second-order valence-corrected chi connectivity index (χ2v) is 3.65. The maximum Gasteiger partial charge on any atom is 0.272 e. The molecule has 5 heteroatoms. The molecule has 16 heavy (non-hydrogen) atoms. The SMILES string of the molecule is CNC(C)Cc1cc(OC)ccc1[N+](=O)[O-]. The molecule has 0 fully saturated rings. The van der Waals surface area contributed by atoms with Crippen LogP contribution in [0.3, 0.4) is 0 Å². The normalized spacial score (nSPS) is 12.2. The lowest BCUT2D eigenvalue weighted by atomic mass is 10.0. The molecule has 1 N–H and O–H groups in total. The van der Waals surface area contributed by atoms with Gasteiger partial charge in [-0.25, -0.2) is 0 Å². The molecule has 0 amide bonds. The summed E-state index contributed by atoms with van der Waals surface area (Å²) in [4.78, 5) is 10.5. The van der Waals surface area contributed by atoms with Gasteiger partial charge in [0.25, 0.3) is 5.69 Å². The number of methoxy groups -OCH3 is 1. The number of nitro groups is 1. The van der Waals surface area contributed by atoms with Crippen LogP contribution in [-0.4, -0.2) is 25.1 Å². The number of rotatable bonds is 5. The third-order valence-corrected chi connectivity index (χ3v) is 2.50. The molecule has 5 nitrogen and oxygen atoms in total. The second kappa shape index (κ2) is 5.46. The molecule has 0 saturated heterocycles. The van der Waals surface area contributed by atoms with Crippen LogP contribution in [0.4, 0.5) is 5.69 Å². The van der Waals surface area contributed by atoms with Gasteiger partial charge in [-0.15, -0.1) is 0 Å². The molecule has 0 aliphatic heterocycles. The molecule has 0 heterocycles. The Hall–Kier alpha value is -1.62. The lowest BCUT2D eigenvalue weighted by Gasteiger charge is -2.11. The second-order valence-electron chi connectivity index (χ2n) is 3.65. The summed E-state index contributed by atoms with van der Waals surface area (Å²) in [5.41, 5.74) is 0.828. The molecule has 88 valence electrons. The van der Waals surface area contributed by atoms with Crippen molar-refractivity contribution in [3.8, 4) is 5.75 Å². The van der Waals surface area contributed by atoms with E-state index in [-0.39, 0.29) is 16.7 Å². The third kappa shape index (κ3) is 2.93. The van der Waals surface area contributed by atoms with E-state index in [0.717, 1.165) is 0 Å². The number of benzene rings is 1. The van der Waals surface area contributed by atoms with Gasteiger partial charge in [0.2, 0.25) is 0 Å². The molecule has 1 rings (SSSR count). The molecule has 0 bridgehead atoms. The van der Waals surface area contributed by atoms with Crippen molar-refractivity contribution in [2.45, 2.75) is 19.4 Å². The average molecular weight is 224 g/mol. The number of hydrogen-bond acceptors (Lipinski definition) is 4. The topological polar surface area (TPSA) is 64.4 Å². The Morgan fingerprint density at radius 1 is 1.56 bits per heavy atom. The highest BCUT2D eigenvalue weighted by molar-refractivity contribution is 5.45. The maximum absolute atomic E-state index is 10.8. The van der Waals surface area contributed by atoms with Gasteiger partial charge in [0, 0.05) is 17.7 Å². The monoisotopic (exact) mass is 224 g/mol. The Bertz CT molecular complexity index is 379. The van der Waals surface area contributed by atoms with E-state index < -0.39 is 0 Å². The van der Waals surface area contributed by atoms with Crippen molar-refractivity contribution in [3.05, 3.63) is 33.9 Å². The average Bonchev–Trinajstić information content (AvgIpc) is 2.28. The van der Waals surface area contributed by atoms with Crippen LogP contribution in [0.5, 0.6) is 5.75 Å². The fourth-order valence-corrected chi connectivity index (χ4v) is 1.46. The van der Waals surface area contributed by atoms with Gasteiger partial charge < -0.3 is 10.1 Å². The molecule has 1 aromatic carbocycles. The van der Waals surface area contributed by atoms with Crippen LogP contribution in [-0.2, 0) is 6.42 Å². The fraction of sp³-hybridized carbons (Fsp3) is 0.455. The van der Waals surface area contributed by atoms with Crippen LogP contribution in [0.2, 0.25) is 0 Å². The van der Waals surface area contributed by atoms with Crippen molar-refractivity contribution < 1.29 is 9.66 Å². The van der Waals surface area contributed by atoms with E-state index in [1.807, 2.05) is 14.0 Å². The number of ether oxygens (including phenoxy) is 1. The standard InChI is InChI=1S/C11H16N2O3/c1-8(12-2)6-9-7-10(16-3)4-5-11(9)13(14)15/h4-5,7-8,12H,6H2,1-3H3. The van der Waals surface area contributed by atoms with Crippen molar-refractivity contribution in [1.82, 2.24) is 5.32 Å². The highest BCUT2D eigenvalue weighted by Crippen LogP contribution is 2.24. The molecule has 0 radical (unpaired) electrons. The first-order valence-electron chi connectivity index (χ1n) is 5.07. The van der Waals surface area contributed by atoms with Crippen LogP contribution in [0.25, 0.3) is 0 Å². The van der Waals surface area contributed by atoms with Gasteiger partial charge >= 0.3 is 0 Å². The van der Waals surface area contributed by atoms with Crippen molar-refractivity contribution in [3.63, 3.8) is 0 Å². The van der Waals surface area contributed by atoms with E-state index in [1.165, 1.54) is 6.07 Å². The molecule has 1 aromatic rings. The fourth-order valence-electron chi connectivity index (χ4n) is 1.46. The minimum atomic E-state index is -0.364. The Labute approximate surface area is 94.6 Å². The largest absolute Gasteiger partial charge is 0.497 e. The van der Waals surface area contributed by atoms with Gasteiger partial charge in [-0.1, -0.05) is 0 Å². The number of nitro benzene ring substituents is 1. The van der Waals surface area contributed by atoms with E-state index in [4.69, 9.17) is 4.74 Å². The molecular formula is C11H16N2O3. The lowest BCUT2D eigenvalue weighted by molar-refractivity contribution is -0.385. The Kier molecular flexibility index (Phi) is 4.25. The van der Waals surface area contributed by atoms with Crippen molar-refractivity contribution in [2.75, 3.05) is 14.2 Å². The summed E-state index contributed by atoms with van der Waals surface area (Å²) in [5.74, 6) is 0.643. The summed E-state index contributed by atoms with van der Waals surface area (Å²) in [6.07, 6.45) is 0.601. The molecule has 1 unspecified atom stereocenters. The first-order chi connectivity index (χ1) is 7.58. The van der Waals surface area contributed by atoms with Gasteiger partial charge in [-0.05, 0) is 32.5 Å². The van der Waals surface area contributed by atoms with Crippen molar-refractivity contribution >= 4 is 5.69 Å². The van der Waals surface area contributed by atoms with Crippen LogP contribution >= 0.6 is 0 Å². The predicted octanol–water partition coefficient (Wildman–Crippen LogP) is 1.75. The molecule has 0 saturated carbocycles. The summed E-state index contributed by atoms with van der Waals surface area (Å²) in [7, 11) is 3.38. The first kappa shape index (κ1) is 12.4. The lowest BCUT2D eigenvalue weighted by Crippen LogP contribution is -2.23. The molecule has 0 spiro atoms. The number of hydrogen-bond donors (Lipinski definition) is 1. The van der Waals surface area contributed by atoms with E-state index in [2.05, 4.69) is 5.32 Å². The number of nitrogens with one attached hydrogen (secondary N) is 1. The zero-order valence-corrected chi connectivity index (χ0v) is 9.69. The van der Waals surface area contributed by atoms with Crippen LogP contribution in [0.15, 0.2) is 18.2 Å². The molecular weight excluding hydrogens is 208 g/mol. The molecule has 0 aromatic heterocycles. The highest BCUT2D eigenvalue weighted by atomic mass is 16.6. The van der Waals surface area contributed by atoms with Crippen LogP contribution in [0, 0.1) is 10.1 Å². The summed E-state index contributed by atoms with van der Waals surface area (Å²) in [5, 5.41) is 13.9. The zero-order chi connectivity index (χ0) is 12.1. The number of likely N-dealkylation sites (N-methyl/N-ethyl adjacent to an activating group) is 1. The van der Waals surface area contributed by atoms with Gasteiger partial charge in [0.1, 0.15) is 5.75 Å². The summed E-state index contributed by atoms with van der Waals surface area (Å²) >= 11 is 0. The van der Waals surface area contributed by atoms with Gasteiger partial charge in [0.15, 0.2) is 0 Å². The van der Waals surface area contributed by atoms with Crippen LogP contribution < -0.4 is 10.1 Å². The first-order valence-corrected chi connectivity index (χ1v) is 5.07. The van der Waals surface area contributed by atoms with E-state index in [0.29, 0.717) is 17.7 Å². The molecule has 1 atom stereocenters.